The fraction of sp³-hybridized carbons (Fsp3) is 0. The van der Waals surface area contributed by atoms with Gasteiger partial charge >= 0.3 is 0 Å². The lowest BCUT2D eigenvalue weighted by Crippen LogP contribution is -2.13. The van der Waals surface area contributed by atoms with Crippen LogP contribution in [-0.4, -0.2) is 16.8 Å². The standard InChI is InChI=1S/C14H13N3O2/c15-13(16)9-1-5-11(6-2-9)17-14(19)10-3-7-12(18)8-4-10/h1-8,18H,(H3,15,16)(H,17,19). The molecule has 0 spiro atoms. The van der Waals surface area contributed by atoms with Crippen LogP contribution >= 0.6 is 0 Å². The average molecular weight is 255 g/mol. The molecule has 1 amide bonds. The highest BCUT2D eigenvalue weighted by Gasteiger charge is 2.06. The average Bonchev–Trinajstić information content (AvgIpc) is 2.40. The molecule has 0 aromatic heterocycles. The van der Waals surface area contributed by atoms with Gasteiger partial charge in [0.25, 0.3) is 5.91 Å². The molecule has 0 atom stereocenters. The Bertz CT molecular complexity index is 604. The number of amidine groups is 1. The van der Waals surface area contributed by atoms with Gasteiger partial charge in [0, 0.05) is 16.8 Å². The Labute approximate surface area is 110 Å². The van der Waals surface area contributed by atoms with Gasteiger partial charge in [-0.2, -0.15) is 0 Å². The molecule has 2 rings (SSSR count). The quantitative estimate of drug-likeness (QED) is 0.498. The van der Waals surface area contributed by atoms with E-state index in [4.69, 9.17) is 16.2 Å². The Balaban J connectivity index is 2.10. The van der Waals surface area contributed by atoms with Crippen molar-refractivity contribution >= 4 is 17.4 Å². The predicted molar refractivity (Wildman–Crippen MR) is 73.5 cm³/mol. The molecule has 0 fully saturated rings. The third kappa shape index (κ3) is 3.10. The maximum absolute atomic E-state index is 11.9. The number of nitrogens with one attached hydrogen (secondary N) is 2. The first kappa shape index (κ1) is 12.6. The Morgan fingerprint density at radius 3 is 2.05 bits per heavy atom. The molecule has 19 heavy (non-hydrogen) atoms. The van der Waals surface area contributed by atoms with Gasteiger partial charge in [0.15, 0.2) is 0 Å². The molecule has 0 aliphatic carbocycles. The SMILES string of the molecule is N=C(N)c1ccc(NC(=O)c2ccc(O)cc2)cc1. The third-order valence-electron chi connectivity index (χ3n) is 2.58. The number of amides is 1. The Morgan fingerprint density at radius 1 is 1.00 bits per heavy atom. The summed E-state index contributed by atoms with van der Waals surface area (Å²) in [4.78, 5) is 11.9. The zero-order valence-electron chi connectivity index (χ0n) is 10.1. The first-order valence-corrected chi connectivity index (χ1v) is 5.61. The molecule has 5 nitrogen and oxygen atoms in total. The third-order valence-corrected chi connectivity index (χ3v) is 2.58. The number of phenolic OH excluding ortho intramolecular Hbond substituents is 1. The molecular weight excluding hydrogens is 242 g/mol. The highest BCUT2D eigenvalue weighted by Crippen LogP contribution is 2.13. The van der Waals surface area contributed by atoms with Gasteiger partial charge in [-0.05, 0) is 48.5 Å². The van der Waals surface area contributed by atoms with Gasteiger partial charge in [0.1, 0.15) is 11.6 Å². The number of carbonyl (C=O) groups excluding carboxylic acids is 1. The van der Waals surface area contributed by atoms with Crippen molar-refractivity contribution in [3.8, 4) is 5.75 Å². The predicted octanol–water partition coefficient (Wildman–Crippen LogP) is 1.93. The van der Waals surface area contributed by atoms with Crippen molar-refractivity contribution < 1.29 is 9.90 Å². The van der Waals surface area contributed by atoms with Crippen molar-refractivity contribution in [3.05, 3.63) is 59.7 Å². The molecule has 2 aromatic rings. The van der Waals surface area contributed by atoms with Crippen molar-refractivity contribution in [2.75, 3.05) is 5.32 Å². The van der Waals surface area contributed by atoms with Gasteiger partial charge in [0.05, 0.1) is 0 Å². The largest absolute Gasteiger partial charge is 0.508 e. The van der Waals surface area contributed by atoms with Crippen LogP contribution in [0, 0.1) is 5.41 Å². The summed E-state index contributed by atoms with van der Waals surface area (Å²) in [6.07, 6.45) is 0. The second kappa shape index (κ2) is 5.22. The maximum atomic E-state index is 11.9. The van der Waals surface area contributed by atoms with E-state index in [0.29, 0.717) is 16.8 Å². The lowest BCUT2D eigenvalue weighted by molar-refractivity contribution is 0.102. The topological polar surface area (TPSA) is 99.2 Å². The molecule has 0 aliphatic rings. The molecule has 5 heteroatoms. The number of nitrogens with two attached hydrogens (primary N) is 1. The van der Waals surface area contributed by atoms with Crippen molar-refractivity contribution in [2.24, 2.45) is 5.73 Å². The van der Waals surface area contributed by atoms with E-state index in [1.807, 2.05) is 0 Å². The number of rotatable bonds is 3. The number of anilines is 1. The van der Waals surface area contributed by atoms with E-state index in [-0.39, 0.29) is 17.5 Å². The molecule has 0 unspecified atom stereocenters. The van der Waals surface area contributed by atoms with E-state index in [0.717, 1.165) is 0 Å². The van der Waals surface area contributed by atoms with Crippen molar-refractivity contribution in [3.63, 3.8) is 0 Å². The molecule has 2 aromatic carbocycles. The number of aromatic hydroxyl groups is 1. The molecule has 0 saturated carbocycles. The van der Waals surface area contributed by atoms with Crippen LogP contribution in [-0.2, 0) is 0 Å². The van der Waals surface area contributed by atoms with Crippen LogP contribution in [0.5, 0.6) is 5.75 Å². The summed E-state index contributed by atoms with van der Waals surface area (Å²) in [6, 6.07) is 12.7. The zero-order valence-corrected chi connectivity index (χ0v) is 10.1. The lowest BCUT2D eigenvalue weighted by Gasteiger charge is -2.06. The Hall–Kier alpha value is -2.82. The Morgan fingerprint density at radius 2 is 1.53 bits per heavy atom. The zero-order chi connectivity index (χ0) is 13.8. The van der Waals surface area contributed by atoms with Gasteiger partial charge in [0.2, 0.25) is 0 Å². The van der Waals surface area contributed by atoms with Crippen LogP contribution in [0.4, 0.5) is 5.69 Å². The van der Waals surface area contributed by atoms with Crippen LogP contribution in [0.3, 0.4) is 0 Å². The molecule has 5 N–H and O–H groups in total. The van der Waals surface area contributed by atoms with Gasteiger partial charge in [-0.3, -0.25) is 10.2 Å². The van der Waals surface area contributed by atoms with Gasteiger partial charge < -0.3 is 16.2 Å². The smallest absolute Gasteiger partial charge is 0.255 e. The first-order chi connectivity index (χ1) is 9.06. The second-order valence-corrected chi connectivity index (χ2v) is 3.99. The van der Waals surface area contributed by atoms with E-state index in [2.05, 4.69) is 5.32 Å². The minimum absolute atomic E-state index is 0.0172. The number of benzene rings is 2. The molecule has 0 bridgehead atoms. The van der Waals surface area contributed by atoms with Crippen LogP contribution in [0.1, 0.15) is 15.9 Å². The van der Waals surface area contributed by atoms with E-state index < -0.39 is 0 Å². The van der Waals surface area contributed by atoms with Crippen LogP contribution in [0.2, 0.25) is 0 Å². The first-order valence-electron chi connectivity index (χ1n) is 5.61. The summed E-state index contributed by atoms with van der Waals surface area (Å²) in [5.74, 6) is -0.172. The molecule has 0 radical (unpaired) electrons. The summed E-state index contributed by atoms with van der Waals surface area (Å²) in [5, 5.41) is 19.1. The molecule has 0 aliphatic heterocycles. The molecular formula is C14H13N3O2. The monoisotopic (exact) mass is 255 g/mol. The van der Waals surface area contributed by atoms with Crippen LogP contribution in [0.25, 0.3) is 0 Å². The number of phenols is 1. The second-order valence-electron chi connectivity index (χ2n) is 3.99. The summed E-state index contributed by atoms with van der Waals surface area (Å²) < 4.78 is 0. The lowest BCUT2D eigenvalue weighted by atomic mass is 10.1. The van der Waals surface area contributed by atoms with Crippen LogP contribution in [0.15, 0.2) is 48.5 Å². The van der Waals surface area contributed by atoms with Gasteiger partial charge in [-0.1, -0.05) is 0 Å². The maximum Gasteiger partial charge on any atom is 0.255 e. The van der Waals surface area contributed by atoms with E-state index in [9.17, 15) is 4.79 Å². The summed E-state index contributed by atoms with van der Waals surface area (Å²) in [7, 11) is 0. The highest BCUT2D eigenvalue weighted by atomic mass is 16.3. The number of nitrogen functional groups attached to an aromatic ring is 1. The van der Waals surface area contributed by atoms with Crippen LogP contribution < -0.4 is 11.1 Å². The highest BCUT2D eigenvalue weighted by molar-refractivity contribution is 6.04. The minimum Gasteiger partial charge on any atom is -0.508 e. The number of hydrogen-bond donors (Lipinski definition) is 4. The summed E-state index contributed by atoms with van der Waals surface area (Å²) in [6.45, 7) is 0. The minimum atomic E-state index is -0.268. The van der Waals surface area contributed by atoms with Gasteiger partial charge in [-0.25, -0.2) is 0 Å². The van der Waals surface area contributed by atoms with E-state index >= 15 is 0 Å². The fourth-order valence-corrected chi connectivity index (χ4v) is 1.55. The molecule has 96 valence electrons. The summed E-state index contributed by atoms with van der Waals surface area (Å²) in [5.41, 5.74) is 7.01. The summed E-state index contributed by atoms with van der Waals surface area (Å²) >= 11 is 0. The van der Waals surface area contributed by atoms with Crippen molar-refractivity contribution in [1.82, 2.24) is 0 Å². The van der Waals surface area contributed by atoms with Gasteiger partial charge in [-0.15, -0.1) is 0 Å². The van der Waals surface area contributed by atoms with E-state index in [1.54, 1.807) is 24.3 Å². The van der Waals surface area contributed by atoms with Crippen molar-refractivity contribution in [2.45, 2.75) is 0 Å². The van der Waals surface area contributed by atoms with Crippen molar-refractivity contribution in [1.29, 1.82) is 5.41 Å². The number of hydrogen-bond acceptors (Lipinski definition) is 3. The molecule has 0 heterocycles. The number of carbonyl (C=O) groups is 1. The fourth-order valence-electron chi connectivity index (χ4n) is 1.55. The Kier molecular flexibility index (Phi) is 3.47. The normalized spacial score (nSPS) is 9.89. The van der Waals surface area contributed by atoms with E-state index in [1.165, 1.54) is 24.3 Å². The molecule has 0 saturated heterocycles.